The predicted octanol–water partition coefficient (Wildman–Crippen LogP) is 3.44. The van der Waals surface area contributed by atoms with E-state index in [0.29, 0.717) is 6.07 Å². The lowest BCUT2D eigenvalue weighted by Gasteiger charge is -2.14. The van der Waals surface area contributed by atoms with E-state index in [9.17, 15) is 17.2 Å². The second kappa shape index (κ2) is 6.76. The van der Waals surface area contributed by atoms with Gasteiger partial charge in [-0.2, -0.15) is 0 Å². The number of benzene rings is 1. The monoisotopic (exact) mass is 355 g/mol. The normalized spacial score (nSPS) is 12.1. The molecule has 0 radical (unpaired) electrons. The molecule has 1 aromatic carbocycles. The summed E-state index contributed by atoms with van der Waals surface area (Å²) < 4.78 is 52.8. The van der Waals surface area contributed by atoms with Crippen molar-refractivity contribution in [2.45, 2.75) is 31.6 Å². The van der Waals surface area contributed by atoms with Gasteiger partial charge in [0.1, 0.15) is 16.5 Å². The molecule has 0 unspecified atom stereocenters. The zero-order valence-corrected chi connectivity index (χ0v) is 13.1. The highest BCUT2D eigenvalue weighted by Crippen LogP contribution is 2.26. The van der Waals surface area contributed by atoms with Gasteiger partial charge >= 0.3 is 0 Å². The summed E-state index contributed by atoms with van der Waals surface area (Å²) in [6, 6.07) is 1.48. The van der Waals surface area contributed by atoms with Gasteiger partial charge in [0.05, 0.1) is 0 Å². The Kier molecular flexibility index (Phi) is 5.88. The van der Waals surface area contributed by atoms with Gasteiger partial charge in [0, 0.05) is 17.1 Å². The first-order chi connectivity index (χ1) is 8.81. The number of halogens is 3. The largest absolute Gasteiger partial charge is 0.244 e. The van der Waals surface area contributed by atoms with Crippen molar-refractivity contribution in [2.24, 2.45) is 5.92 Å². The molecule has 0 spiro atoms. The number of nitrogens with one attached hydrogen (secondary N) is 1. The van der Waals surface area contributed by atoms with Gasteiger partial charge in [0.2, 0.25) is 10.0 Å². The molecule has 0 atom stereocenters. The fourth-order valence-electron chi connectivity index (χ4n) is 1.66. The first-order valence-corrected chi connectivity index (χ1v) is 8.23. The third-order valence-corrected chi connectivity index (χ3v) is 5.34. The molecule has 1 N–H and O–H groups in total. The summed E-state index contributed by atoms with van der Waals surface area (Å²) in [5.41, 5.74) is 0. The van der Waals surface area contributed by atoms with Gasteiger partial charge in [-0.15, -0.1) is 0 Å². The summed E-state index contributed by atoms with van der Waals surface area (Å²) in [5.74, 6) is -1.75. The molecule has 1 aromatic rings. The standard InChI is InChI=1S/C12H16BrF2NO2S/c1-3-8(4-2)7-16-19(17,18)12-10(13)5-9(14)6-11(12)15/h5-6,8,16H,3-4,7H2,1-2H3. The molecule has 108 valence electrons. The van der Waals surface area contributed by atoms with Crippen LogP contribution in [0.25, 0.3) is 0 Å². The van der Waals surface area contributed by atoms with E-state index >= 15 is 0 Å². The van der Waals surface area contributed by atoms with E-state index in [1.165, 1.54) is 0 Å². The van der Waals surface area contributed by atoms with E-state index in [0.717, 1.165) is 18.9 Å². The van der Waals surface area contributed by atoms with Crippen molar-refractivity contribution < 1.29 is 17.2 Å². The van der Waals surface area contributed by atoms with E-state index in [-0.39, 0.29) is 16.9 Å². The molecule has 0 aliphatic heterocycles. The predicted molar refractivity (Wildman–Crippen MR) is 73.3 cm³/mol. The quantitative estimate of drug-likeness (QED) is 0.849. The lowest BCUT2D eigenvalue weighted by molar-refractivity contribution is 0.476. The minimum Gasteiger partial charge on any atom is -0.211 e. The number of hydrogen-bond donors (Lipinski definition) is 1. The molecule has 0 amide bonds. The highest BCUT2D eigenvalue weighted by molar-refractivity contribution is 9.10. The average Bonchev–Trinajstić information content (AvgIpc) is 2.28. The van der Waals surface area contributed by atoms with Gasteiger partial charge in [-0.05, 0) is 27.9 Å². The summed E-state index contributed by atoms with van der Waals surface area (Å²) in [7, 11) is -3.99. The molecule has 0 bridgehead atoms. The molecular weight excluding hydrogens is 340 g/mol. The van der Waals surface area contributed by atoms with Gasteiger partial charge in [-0.25, -0.2) is 21.9 Å². The fraction of sp³-hybridized carbons (Fsp3) is 0.500. The maximum absolute atomic E-state index is 13.6. The summed E-state index contributed by atoms with van der Waals surface area (Å²) in [4.78, 5) is -0.556. The Morgan fingerprint density at radius 2 is 1.84 bits per heavy atom. The van der Waals surface area contributed by atoms with Crippen LogP contribution in [-0.2, 0) is 10.0 Å². The van der Waals surface area contributed by atoms with Crippen LogP contribution in [0.15, 0.2) is 21.5 Å². The first kappa shape index (κ1) is 16.5. The van der Waals surface area contributed by atoms with Crippen LogP contribution in [0.3, 0.4) is 0 Å². The molecule has 0 aliphatic rings. The highest BCUT2D eigenvalue weighted by Gasteiger charge is 2.24. The minimum absolute atomic E-state index is 0.123. The average molecular weight is 356 g/mol. The third-order valence-electron chi connectivity index (χ3n) is 2.95. The van der Waals surface area contributed by atoms with Crippen molar-refractivity contribution >= 4 is 26.0 Å². The third kappa shape index (κ3) is 4.22. The molecule has 0 saturated heterocycles. The maximum atomic E-state index is 13.6. The van der Waals surface area contributed by atoms with Crippen molar-refractivity contribution in [3.05, 3.63) is 28.2 Å². The second-order valence-corrected chi connectivity index (χ2v) is 6.79. The van der Waals surface area contributed by atoms with Gasteiger partial charge in [-0.3, -0.25) is 0 Å². The molecule has 0 aromatic heterocycles. The Bertz CT molecular complexity index is 522. The van der Waals surface area contributed by atoms with E-state index in [1.807, 2.05) is 13.8 Å². The topological polar surface area (TPSA) is 46.2 Å². The molecule has 1 rings (SSSR count). The van der Waals surface area contributed by atoms with Crippen molar-refractivity contribution in [1.82, 2.24) is 4.72 Å². The Morgan fingerprint density at radius 3 is 2.32 bits per heavy atom. The summed E-state index contributed by atoms with van der Waals surface area (Å²) in [6.45, 7) is 4.15. The summed E-state index contributed by atoms with van der Waals surface area (Å²) in [6.07, 6.45) is 1.65. The maximum Gasteiger partial charge on any atom is 0.244 e. The number of sulfonamides is 1. The van der Waals surface area contributed by atoms with E-state index in [4.69, 9.17) is 0 Å². The lowest BCUT2D eigenvalue weighted by Crippen LogP contribution is -2.30. The van der Waals surface area contributed by atoms with Crippen LogP contribution < -0.4 is 4.72 Å². The van der Waals surface area contributed by atoms with Crippen molar-refractivity contribution in [2.75, 3.05) is 6.54 Å². The number of rotatable bonds is 6. The molecule has 0 aliphatic carbocycles. The fourth-order valence-corrected chi connectivity index (χ4v) is 3.94. The van der Waals surface area contributed by atoms with Gasteiger partial charge in [0.15, 0.2) is 0 Å². The van der Waals surface area contributed by atoms with Crippen LogP contribution in [0.2, 0.25) is 0 Å². The van der Waals surface area contributed by atoms with Gasteiger partial charge < -0.3 is 0 Å². The van der Waals surface area contributed by atoms with Crippen LogP contribution in [0.1, 0.15) is 26.7 Å². The molecule has 7 heteroatoms. The van der Waals surface area contributed by atoms with E-state index < -0.39 is 26.6 Å². The van der Waals surface area contributed by atoms with Crippen molar-refractivity contribution in [3.8, 4) is 0 Å². The van der Waals surface area contributed by atoms with E-state index in [1.54, 1.807) is 0 Å². The Hall–Kier alpha value is -0.530. The molecule has 3 nitrogen and oxygen atoms in total. The second-order valence-electron chi connectivity index (χ2n) is 4.23. The highest BCUT2D eigenvalue weighted by atomic mass is 79.9. The lowest BCUT2D eigenvalue weighted by atomic mass is 10.0. The van der Waals surface area contributed by atoms with Crippen LogP contribution in [0, 0.1) is 17.6 Å². The van der Waals surface area contributed by atoms with Crippen LogP contribution >= 0.6 is 15.9 Å². The van der Waals surface area contributed by atoms with Crippen molar-refractivity contribution in [1.29, 1.82) is 0 Å². The molecule has 19 heavy (non-hydrogen) atoms. The SMILES string of the molecule is CCC(CC)CNS(=O)(=O)c1c(F)cc(F)cc1Br. The summed E-state index contributed by atoms with van der Waals surface area (Å²) in [5, 5.41) is 0. The van der Waals surface area contributed by atoms with Crippen molar-refractivity contribution in [3.63, 3.8) is 0 Å². The summed E-state index contributed by atoms with van der Waals surface area (Å²) >= 11 is 2.88. The zero-order valence-electron chi connectivity index (χ0n) is 10.7. The van der Waals surface area contributed by atoms with Gasteiger partial charge in [0.25, 0.3) is 0 Å². The zero-order chi connectivity index (χ0) is 14.6. The Morgan fingerprint density at radius 1 is 1.26 bits per heavy atom. The van der Waals surface area contributed by atoms with Crippen LogP contribution in [0.5, 0.6) is 0 Å². The molecular formula is C12H16BrF2NO2S. The smallest absolute Gasteiger partial charge is 0.211 e. The molecule has 0 saturated carbocycles. The van der Waals surface area contributed by atoms with Crippen LogP contribution in [0.4, 0.5) is 8.78 Å². The van der Waals surface area contributed by atoms with E-state index in [2.05, 4.69) is 20.7 Å². The Labute approximate surface area is 120 Å². The van der Waals surface area contributed by atoms with Gasteiger partial charge in [-0.1, -0.05) is 26.7 Å². The minimum atomic E-state index is -3.99. The Balaban J connectivity index is 3.01. The molecule has 0 fully saturated rings. The van der Waals surface area contributed by atoms with Crippen LogP contribution in [-0.4, -0.2) is 15.0 Å². The molecule has 0 heterocycles. The first-order valence-electron chi connectivity index (χ1n) is 5.96. The number of hydrogen-bond acceptors (Lipinski definition) is 2.